The van der Waals surface area contributed by atoms with Gasteiger partial charge >= 0.3 is 0 Å². The molecular weight excluding hydrogens is 428 g/mol. The first-order valence-electron chi connectivity index (χ1n) is 12.0. The van der Waals surface area contributed by atoms with Crippen LogP contribution in [-0.4, -0.2) is 19.4 Å². The minimum Gasteiger partial charge on any atom is -0.289 e. The predicted molar refractivity (Wildman–Crippen MR) is 140 cm³/mol. The van der Waals surface area contributed by atoms with Crippen LogP contribution in [0.4, 0.5) is 0 Å². The average molecular weight is 447 g/mol. The van der Waals surface area contributed by atoms with E-state index < -0.39 is 0 Å². The second-order valence-corrected chi connectivity index (χ2v) is 9.67. The van der Waals surface area contributed by atoms with Crippen molar-refractivity contribution in [3.63, 3.8) is 0 Å². The summed E-state index contributed by atoms with van der Waals surface area (Å²) in [6.45, 7) is 0. The highest BCUT2D eigenvalue weighted by molar-refractivity contribution is 6.13. The molecule has 2 aliphatic carbocycles. The number of nitrogens with zero attached hydrogens (tertiary/aromatic N) is 4. The molecule has 2 aliphatic rings. The molecule has 7 aromatic rings. The molecule has 0 saturated carbocycles. The standard InChI is InChI=1S/C31H18N4/c1-2-5-20-17(4-1)14-18-7-8-19-15-24-22(28(19)27(18)20)9-10-25-30(24)35-26-16-32-13-11-21(26)23-6-3-12-33-29(23)31(35)34-25/h1-13,16H,14-15H2. The van der Waals surface area contributed by atoms with Gasteiger partial charge in [-0.05, 0) is 69.1 Å². The molecule has 35 heavy (non-hydrogen) atoms. The minimum absolute atomic E-state index is 0.899. The van der Waals surface area contributed by atoms with Crippen LogP contribution in [0.25, 0.3) is 60.7 Å². The Hall–Kier alpha value is -4.57. The third-order valence-electron chi connectivity index (χ3n) is 7.96. The van der Waals surface area contributed by atoms with E-state index in [-0.39, 0.29) is 0 Å². The van der Waals surface area contributed by atoms with Gasteiger partial charge in [0.25, 0.3) is 0 Å². The Bertz CT molecular complexity index is 2070. The molecule has 9 rings (SSSR count). The zero-order chi connectivity index (χ0) is 22.7. The van der Waals surface area contributed by atoms with E-state index in [9.17, 15) is 0 Å². The number of imidazole rings is 1. The molecule has 0 amide bonds. The van der Waals surface area contributed by atoms with E-state index >= 15 is 0 Å². The number of benzene rings is 3. The van der Waals surface area contributed by atoms with Crippen LogP contribution >= 0.6 is 0 Å². The summed E-state index contributed by atoms with van der Waals surface area (Å²) >= 11 is 0. The topological polar surface area (TPSA) is 43.1 Å². The Labute approximate surface area is 200 Å². The summed E-state index contributed by atoms with van der Waals surface area (Å²) in [5.41, 5.74) is 16.2. The molecule has 0 spiro atoms. The lowest BCUT2D eigenvalue weighted by Crippen LogP contribution is -1.95. The number of rotatable bonds is 0. The molecule has 0 saturated heterocycles. The van der Waals surface area contributed by atoms with Gasteiger partial charge in [-0.25, -0.2) is 4.98 Å². The van der Waals surface area contributed by atoms with Crippen LogP contribution in [0.5, 0.6) is 0 Å². The highest BCUT2D eigenvalue weighted by Crippen LogP contribution is 2.50. The van der Waals surface area contributed by atoms with Gasteiger partial charge in [-0.1, -0.05) is 48.5 Å². The molecule has 3 aromatic carbocycles. The van der Waals surface area contributed by atoms with Crippen molar-refractivity contribution >= 4 is 38.5 Å². The number of hydrogen-bond acceptors (Lipinski definition) is 3. The quantitative estimate of drug-likeness (QED) is 0.243. The van der Waals surface area contributed by atoms with Crippen molar-refractivity contribution in [2.45, 2.75) is 12.8 Å². The van der Waals surface area contributed by atoms with Crippen LogP contribution in [0.1, 0.15) is 22.3 Å². The molecular formula is C31H18N4. The summed E-state index contributed by atoms with van der Waals surface area (Å²) in [5, 5.41) is 2.26. The van der Waals surface area contributed by atoms with Crippen LogP contribution < -0.4 is 0 Å². The second-order valence-electron chi connectivity index (χ2n) is 9.67. The van der Waals surface area contributed by atoms with Crippen LogP contribution in [0.2, 0.25) is 0 Å². The normalized spacial score (nSPS) is 13.5. The number of hydrogen-bond donors (Lipinski definition) is 0. The fourth-order valence-corrected chi connectivity index (χ4v) is 6.55. The molecule has 4 heterocycles. The van der Waals surface area contributed by atoms with Gasteiger partial charge in [-0.2, -0.15) is 0 Å². The van der Waals surface area contributed by atoms with Crippen LogP contribution in [0.3, 0.4) is 0 Å². The molecule has 0 N–H and O–H groups in total. The van der Waals surface area contributed by atoms with Gasteiger partial charge in [0.15, 0.2) is 5.65 Å². The Balaban J connectivity index is 1.45. The van der Waals surface area contributed by atoms with Crippen molar-refractivity contribution in [2.24, 2.45) is 0 Å². The highest BCUT2D eigenvalue weighted by Gasteiger charge is 2.31. The maximum atomic E-state index is 5.11. The van der Waals surface area contributed by atoms with Crippen molar-refractivity contribution in [2.75, 3.05) is 0 Å². The van der Waals surface area contributed by atoms with Gasteiger partial charge in [-0.3, -0.25) is 14.4 Å². The largest absolute Gasteiger partial charge is 0.289 e. The van der Waals surface area contributed by atoms with E-state index in [0.717, 1.165) is 45.8 Å². The molecule has 0 unspecified atom stereocenters. The monoisotopic (exact) mass is 446 g/mol. The van der Waals surface area contributed by atoms with Crippen molar-refractivity contribution in [1.29, 1.82) is 0 Å². The third-order valence-corrected chi connectivity index (χ3v) is 7.96. The van der Waals surface area contributed by atoms with Gasteiger partial charge in [0.2, 0.25) is 0 Å². The summed E-state index contributed by atoms with van der Waals surface area (Å²) in [5.74, 6) is 0. The number of fused-ring (bicyclic) bond motifs is 16. The molecule has 162 valence electrons. The van der Waals surface area contributed by atoms with E-state index in [1.807, 2.05) is 24.7 Å². The predicted octanol–water partition coefficient (Wildman–Crippen LogP) is 6.73. The Morgan fingerprint density at radius 2 is 1.57 bits per heavy atom. The van der Waals surface area contributed by atoms with Crippen molar-refractivity contribution in [3.8, 4) is 22.3 Å². The first-order chi connectivity index (χ1) is 17.4. The summed E-state index contributed by atoms with van der Waals surface area (Å²) < 4.78 is 2.30. The fourth-order valence-electron chi connectivity index (χ4n) is 6.55. The van der Waals surface area contributed by atoms with Crippen LogP contribution in [0.15, 0.2) is 85.3 Å². The van der Waals surface area contributed by atoms with Crippen molar-refractivity contribution in [3.05, 3.63) is 108 Å². The second kappa shape index (κ2) is 6.10. The van der Waals surface area contributed by atoms with Gasteiger partial charge in [0, 0.05) is 29.6 Å². The van der Waals surface area contributed by atoms with Gasteiger partial charge in [0.1, 0.15) is 5.52 Å². The Morgan fingerprint density at radius 1 is 0.686 bits per heavy atom. The van der Waals surface area contributed by atoms with E-state index in [1.54, 1.807) is 0 Å². The molecule has 0 aliphatic heterocycles. The number of pyridine rings is 3. The molecule has 0 radical (unpaired) electrons. The molecule has 4 heteroatoms. The SMILES string of the molecule is c1ccc2c(c1)Cc1ccc3c(c1-2)-c1ccc2nc4c5ncccc5c5ccncc5n4c2c1C3. The molecule has 0 fully saturated rings. The van der Waals surface area contributed by atoms with Crippen LogP contribution in [0, 0.1) is 0 Å². The summed E-state index contributed by atoms with van der Waals surface area (Å²) in [6.07, 6.45) is 7.61. The van der Waals surface area contributed by atoms with E-state index in [1.165, 1.54) is 50.0 Å². The van der Waals surface area contributed by atoms with Crippen LogP contribution in [-0.2, 0) is 12.8 Å². The minimum atomic E-state index is 0.899. The first kappa shape index (κ1) is 17.8. The zero-order valence-electron chi connectivity index (χ0n) is 18.8. The Morgan fingerprint density at radius 3 is 2.54 bits per heavy atom. The Kier molecular flexibility index (Phi) is 3.11. The maximum Gasteiger partial charge on any atom is 0.165 e. The molecule has 0 atom stereocenters. The summed E-state index contributed by atoms with van der Waals surface area (Å²) in [7, 11) is 0. The highest BCUT2D eigenvalue weighted by atomic mass is 15.0. The first-order valence-corrected chi connectivity index (χ1v) is 12.0. The van der Waals surface area contributed by atoms with E-state index in [4.69, 9.17) is 9.97 Å². The molecule has 0 bridgehead atoms. The smallest absolute Gasteiger partial charge is 0.165 e. The number of aromatic nitrogens is 4. The lowest BCUT2D eigenvalue weighted by Gasteiger charge is -2.11. The zero-order valence-corrected chi connectivity index (χ0v) is 18.8. The lowest BCUT2D eigenvalue weighted by molar-refractivity contribution is 1.21. The average Bonchev–Trinajstić information content (AvgIpc) is 3.59. The summed E-state index contributed by atoms with van der Waals surface area (Å²) in [6, 6.07) is 24.2. The van der Waals surface area contributed by atoms with Gasteiger partial charge in [-0.15, -0.1) is 0 Å². The lowest BCUT2D eigenvalue weighted by atomic mass is 9.94. The van der Waals surface area contributed by atoms with Gasteiger partial charge in [0.05, 0.1) is 22.7 Å². The fraction of sp³-hybridized carbons (Fsp3) is 0.0645. The maximum absolute atomic E-state index is 5.11. The molecule has 4 nitrogen and oxygen atoms in total. The van der Waals surface area contributed by atoms with E-state index in [2.05, 4.69) is 70.0 Å². The van der Waals surface area contributed by atoms with Gasteiger partial charge < -0.3 is 0 Å². The third kappa shape index (κ3) is 2.11. The summed E-state index contributed by atoms with van der Waals surface area (Å²) in [4.78, 5) is 14.4. The van der Waals surface area contributed by atoms with Crippen molar-refractivity contribution < 1.29 is 0 Å². The van der Waals surface area contributed by atoms with Crippen molar-refractivity contribution in [1.82, 2.24) is 19.4 Å². The van der Waals surface area contributed by atoms with E-state index in [0.29, 0.717) is 0 Å². The molecule has 4 aromatic heterocycles.